The average molecular weight is 579 g/mol. The second-order valence-electron chi connectivity index (χ2n) is 9.71. The molecule has 2 aromatic heterocycles. The van der Waals surface area contributed by atoms with Crippen molar-refractivity contribution in [3.8, 4) is 63.8 Å². The Bertz CT molecular complexity index is 1950. The van der Waals surface area contributed by atoms with E-state index in [-0.39, 0.29) is 6.42 Å². The second kappa shape index (κ2) is 12.4. The molecule has 10 heteroatoms. The largest absolute Gasteiger partial charge is 0.238 e. The van der Waals surface area contributed by atoms with Crippen molar-refractivity contribution >= 4 is 5.69 Å². The van der Waals surface area contributed by atoms with E-state index in [0.29, 0.717) is 79.6 Å². The van der Waals surface area contributed by atoms with Gasteiger partial charge in [0.15, 0.2) is 29.0 Å². The van der Waals surface area contributed by atoms with Crippen LogP contribution in [0.15, 0.2) is 97.1 Å². The Morgan fingerprint density at radius 2 is 0.844 bits per heavy atom. The summed E-state index contributed by atoms with van der Waals surface area (Å²) < 4.78 is 0. The molecule has 0 aliphatic rings. The van der Waals surface area contributed by atoms with Crippen LogP contribution in [0, 0.1) is 40.6 Å². The lowest BCUT2D eigenvalue weighted by Gasteiger charge is -2.10. The molecule has 0 spiro atoms. The normalized spacial score (nSPS) is 10.2. The molecule has 6 rings (SSSR count). The van der Waals surface area contributed by atoms with Crippen LogP contribution in [-0.4, -0.2) is 29.9 Å². The lowest BCUT2D eigenvalue weighted by molar-refractivity contribution is 0.860. The van der Waals surface area contributed by atoms with Crippen molar-refractivity contribution < 1.29 is 0 Å². The van der Waals surface area contributed by atoms with E-state index in [2.05, 4.69) is 33.0 Å². The third-order valence-electron chi connectivity index (χ3n) is 6.66. The predicted molar refractivity (Wildman–Crippen MR) is 165 cm³/mol. The minimum absolute atomic E-state index is 0.0847. The molecule has 0 radical (unpaired) electrons. The minimum atomic E-state index is 0.0847. The third-order valence-corrected chi connectivity index (χ3v) is 6.66. The summed E-state index contributed by atoms with van der Waals surface area (Å²) in [5.41, 5.74) is 4.30. The summed E-state index contributed by atoms with van der Waals surface area (Å²) in [4.78, 5) is 31.8. The van der Waals surface area contributed by atoms with Crippen LogP contribution < -0.4 is 0 Å². The fourth-order valence-corrected chi connectivity index (χ4v) is 4.55. The number of benzene rings is 4. The number of hydrogen-bond acceptors (Lipinski definition) is 9. The van der Waals surface area contributed by atoms with Crippen LogP contribution in [0.4, 0.5) is 5.69 Å². The first-order valence-corrected chi connectivity index (χ1v) is 13.5. The highest BCUT2D eigenvalue weighted by atomic mass is 15.1. The molecule has 0 atom stereocenters. The fraction of sp³-hybridized carbons (Fsp3) is 0.0286. The van der Waals surface area contributed by atoms with E-state index in [1.807, 2.05) is 12.1 Å². The molecule has 0 unspecified atom stereocenters. The quantitative estimate of drug-likeness (QED) is 0.202. The van der Waals surface area contributed by atoms with Crippen molar-refractivity contribution in [2.45, 2.75) is 6.42 Å². The molecule has 0 amide bonds. The maximum atomic E-state index is 9.47. The van der Waals surface area contributed by atoms with Gasteiger partial charge < -0.3 is 0 Å². The van der Waals surface area contributed by atoms with Gasteiger partial charge in [-0.15, -0.1) is 0 Å². The van der Waals surface area contributed by atoms with E-state index in [1.165, 1.54) is 0 Å². The van der Waals surface area contributed by atoms with Crippen molar-refractivity contribution in [3.05, 3.63) is 137 Å². The molecule has 10 nitrogen and oxygen atoms in total. The molecule has 2 heterocycles. The molecule has 6 aromatic rings. The number of nitriles is 3. The summed E-state index contributed by atoms with van der Waals surface area (Å²) in [7, 11) is 0. The number of hydrogen-bond donors (Lipinski definition) is 0. The highest BCUT2D eigenvalue weighted by Crippen LogP contribution is 2.26. The number of nitrogens with zero attached hydrogens (tertiary/aromatic N) is 10. The summed E-state index contributed by atoms with van der Waals surface area (Å²) in [5.74, 6) is 2.08. The van der Waals surface area contributed by atoms with E-state index in [1.54, 1.807) is 84.9 Å². The Balaban J connectivity index is 1.51. The second-order valence-corrected chi connectivity index (χ2v) is 9.71. The van der Waals surface area contributed by atoms with Crippen LogP contribution in [0.2, 0.25) is 0 Å². The van der Waals surface area contributed by atoms with Gasteiger partial charge in [-0.3, -0.25) is 0 Å². The maximum Gasteiger partial charge on any atom is 0.187 e. The molecule has 208 valence electrons. The zero-order valence-corrected chi connectivity index (χ0v) is 23.4. The van der Waals surface area contributed by atoms with Crippen LogP contribution in [0.5, 0.6) is 0 Å². The summed E-state index contributed by atoms with van der Waals surface area (Å²) in [5, 5.41) is 28.4. The van der Waals surface area contributed by atoms with Gasteiger partial charge in [-0.05, 0) is 42.5 Å². The Hall–Kier alpha value is -7.14. The van der Waals surface area contributed by atoms with Gasteiger partial charge in [0.25, 0.3) is 0 Å². The Morgan fingerprint density at radius 1 is 0.489 bits per heavy atom. The number of rotatable bonds is 6. The first-order chi connectivity index (χ1) is 22.0. The lowest BCUT2D eigenvalue weighted by Crippen LogP contribution is -2.08. The van der Waals surface area contributed by atoms with Gasteiger partial charge in [0.05, 0.1) is 47.9 Å². The van der Waals surface area contributed by atoms with Gasteiger partial charge in [0, 0.05) is 22.3 Å². The molecule has 0 aliphatic heterocycles. The van der Waals surface area contributed by atoms with Gasteiger partial charge in [0.2, 0.25) is 0 Å². The van der Waals surface area contributed by atoms with Crippen molar-refractivity contribution in [1.29, 1.82) is 15.8 Å². The van der Waals surface area contributed by atoms with Gasteiger partial charge in [-0.1, -0.05) is 54.6 Å². The topological polar surface area (TPSA) is 153 Å². The van der Waals surface area contributed by atoms with Crippen LogP contribution in [0.1, 0.15) is 28.3 Å². The first kappa shape index (κ1) is 28.0. The van der Waals surface area contributed by atoms with Crippen LogP contribution in [0.3, 0.4) is 0 Å². The van der Waals surface area contributed by atoms with Crippen LogP contribution in [0.25, 0.3) is 50.4 Å². The standard InChI is InChI=1S/C35H18N10/c1-39-29-13-5-12-28(17-29)35-43-31(42-34(45-35)27-11-4-8-24(16-27)21-38)18-30-40-32(25-9-2-6-22(14-25)19-36)44-33(41-30)26-10-3-7-23(15-26)20-37/h2-17H,18H2. The van der Waals surface area contributed by atoms with E-state index < -0.39 is 0 Å². The molecular weight excluding hydrogens is 560 g/mol. The molecular formula is C35H18N10. The van der Waals surface area contributed by atoms with E-state index >= 15 is 0 Å². The van der Waals surface area contributed by atoms with Crippen molar-refractivity contribution in [3.63, 3.8) is 0 Å². The Labute approximate surface area is 258 Å². The zero-order chi connectivity index (χ0) is 31.2. The summed E-state index contributed by atoms with van der Waals surface area (Å²) >= 11 is 0. The average Bonchev–Trinajstić information content (AvgIpc) is 3.11. The van der Waals surface area contributed by atoms with E-state index in [9.17, 15) is 15.8 Å². The molecule has 0 saturated heterocycles. The maximum absolute atomic E-state index is 9.47. The Kier molecular flexibility index (Phi) is 7.71. The summed E-state index contributed by atoms with van der Waals surface area (Å²) in [6.45, 7) is 7.43. The van der Waals surface area contributed by atoms with Gasteiger partial charge >= 0.3 is 0 Å². The molecule has 0 fully saturated rings. The smallest absolute Gasteiger partial charge is 0.187 e. The molecule has 0 bridgehead atoms. The summed E-state index contributed by atoms with van der Waals surface area (Å²) in [6, 6.07) is 34.3. The van der Waals surface area contributed by atoms with Gasteiger partial charge in [0.1, 0.15) is 11.6 Å². The Morgan fingerprint density at radius 3 is 1.20 bits per heavy atom. The fourth-order valence-electron chi connectivity index (χ4n) is 4.55. The predicted octanol–water partition coefficient (Wildman–Crippen LogP) is 6.48. The van der Waals surface area contributed by atoms with Gasteiger partial charge in [-0.2, -0.15) is 15.8 Å². The highest BCUT2D eigenvalue weighted by Gasteiger charge is 2.16. The zero-order valence-electron chi connectivity index (χ0n) is 23.4. The van der Waals surface area contributed by atoms with Crippen LogP contribution >= 0.6 is 0 Å². The summed E-state index contributed by atoms with van der Waals surface area (Å²) in [6.07, 6.45) is 0.0847. The van der Waals surface area contributed by atoms with E-state index in [0.717, 1.165) is 0 Å². The molecule has 0 saturated carbocycles. The minimum Gasteiger partial charge on any atom is -0.238 e. The van der Waals surface area contributed by atoms with Crippen molar-refractivity contribution in [2.24, 2.45) is 0 Å². The molecule has 4 aromatic carbocycles. The van der Waals surface area contributed by atoms with Crippen molar-refractivity contribution in [2.75, 3.05) is 0 Å². The monoisotopic (exact) mass is 578 g/mol. The third kappa shape index (κ3) is 6.22. The lowest BCUT2D eigenvalue weighted by atomic mass is 10.1. The van der Waals surface area contributed by atoms with Crippen LogP contribution in [-0.2, 0) is 6.42 Å². The molecule has 0 aliphatic carbocycles. The highest BCUT2D eigenvalue weighted by molar-refractivity contribution is 5.66. The van der Waals surface area contributed by atoms with E-state index in [4.69, 9.17) is 26.5 Å². The number of aromatic nitrogens is 6. The van der Waals surface area contributed by atoms with Gasteiger partial charge in [-0.25, -0.2) is 34.7 Å². The molecule has 0 N–H and O–H groups in total. The SMILES string of the molecule is [C-]#[N+]c1cccc(-c2nc(Cc3nc(-c4cccc(C#N)c4)nc(-c4cccc(C#N)c4)n3)nc(-c3cccc(C#N)c3)n2)c1. The molecule has 45 heavy (non-hydrogen) atoms. The van der Waals surface area contributed by atoms with Crippen molar-refractivity contribution in [1.82, 2.24) is 29.9 Å². The first-order valence-electron chi connectivity index (χ1n) is 13.5.